The summed E-state index contributed by atoms with van der Waals surface area (Å²) in [7, 11) is 1.97. The van der Waals surface area contributed by atoms with E-state index in [4.69, 9.17) is 0 Å². The van der Waals surface area contributed by atoms with Gasteiger partial charge in [-0.3, -0.25) is 4.99 Å². The number of hydrogen-bond acceptors (Lipinski definition) is 3. The van der Waals surface area contributed by atoms with E-state index in [-0.39, 0.29) is 0 Å². The second-order valence-electron chi connectivity index (χ2n) is 3.74. The number of nitrogens with zero attached hydrogens (tertiary/aromatic N) is 2. The molecule has 1 heterocycles. The lowest BCUT2D eigenvalue weighted by atomic mass is 10.1. The van der Waals surface area contributed by atoms with Crippen molar-refractivity contribution in [1.29, 1.82) is 0 Å². The van der Waals surface area contributed by atoms with Gasteiger partial charge in [0.05, 0.1) is 6.54 Å². The molecule has 15 heavy (non-hydrogen) atoms. The van der Waals surface area contributed by atoms with Crippen LogP contribution in [0.2, 0.25) is 0 Å². The molecule has 0 radical (unpaired) electrons. The van der Waals surface area contributed by atoms with E-state index in [1.807, 2.05) is 7.05 Å². The molecule has 80 valence electrons. The van der Waals surface area contributed by atoms with Crippen LogP contribution in [-0.4, -0.2) is 26.0 Å². The van der Waals surface area contributed by atoms with Gasteiger partial charge in [0.1, 0.15) is 5.84 Å². The Morgan fingerprint density at radius 1 is 1.40 bits per heavy atom. The van der Waals surface area contributed by atoms with Gasteiger partial charge in [0, 0.05) is 18.8 Å². The Labute approximate surface area is 90.8 Å². The zero-order valence-electron chi connectivity index (χ0n) is 9.33. The van der Waals surface area contributed by atoms with E-state index < -0.39 is 0 Å². The second kappa shape index (κ2) is 4.45. The van der Waals surface area contributed by atoms with Crippen molar-refractivity contribution >= 4 is 11.5 Å². The number of rotatable bonds is 3. The van der Waals surface area contributed by atoms with Crippen LogP contribution in [-0.2, 0) is 6.54 Å². The van der Waals surface area contributed by atoms with Gasteiger partial charge in [0.15, 0.2) is 0 Å². The third-order valence-corrected chi connectivity index (χ3v) is 2.70. The first-order valence-corrected chi connectivity index (χ1v) is 5.34. The van der Waals surface area contributed by atoms with E-state index in [1.54, 1.807) is 0 Å². The summed E-state index contributed by atoms with van der Waals surface area (Å²) in [6, 6.07) is 8.49. The van der Waals surface area contributed by atoms with Crippen molar-refractivity contribution in [3.8, 4) is 0 Å². The summed E-state index contributed by atoms with van der Waals surface area (Å²) in [4.78, 5) is 6.70. The Hall–Kier alpha value is -1.35. The van der Waals surface area contributed by atoms with E-state index in [0.29, 0.717) is 0 Å². The maximum atomic E-state index is 4.42. The zero-order valence-corrected chi connectivity index (χ0v) is 9.33. The molecule has 0 aliphatic carbocycles. The molecule has 0 spiro atoms. The fraction of sp³-hybridized carbons (Fsp3) is 0.417. The lowest BCUT2D eigenvalue weighted by Crippen LogP contribution is -2.26. The smallest absolute Gasteiger partial charge is 0.100 e. The molecule has 3 heteroatoms. The number of anilines is 1. The highest BCUT2D eigenvalue weighted by atomic mass is 15.2. The van der Waals surface area contributed by atoms with E-state index >= 15 is 0 Å². The van der Waals surface area contributed by atoms with Gasteiger partial charge in [-0.05, 0) is 25.6 Å². The summed E-state index contributed by atoms with van der Waals surface area (Å²) in [6.45, 7) is 4.90. The normalized spacial score (nSPS) is 15.6. The van der Waals surface area contributed by atoms with Gasteiger partial charge in [-0.2, -0.15) is 0 Å². The number of nitrogens with one attached hydrogen (secondary N) is 1. The molecule has 2 rings (SSSR count). The Kier molecular flexibility index (Phi) is 3.02. The zero-order chi connectivity index (χ0) is 10.7. The molecular formula is C12H17N3. The highest BCUT2D eigenvalue weighted by Crippen LogP contribution is 2.22. The van der Waals surface area contributed by atoms with Gasteiger partial charge < -0.3 is 10.2 Å². The van der Waals surface area contributed by atoms with Crippen molar-refractivity contribution in [2.45, 2.75) is 13.5 Å². The molecule has 1 aliphatic heterocycles. The van der Waals surface area contributed by atoms with Crippen molar-refractivity contribution in [1.82, 2.24) is 5.32 Å². The van der Waals surface area contributed by atoms with Crippen LogP contribution in [0.15, 0.2) is 29.3 Å². The van der Waals surface area contributed by atoms with E-state index in [9.17, 15) is 0 Å². The summed E-state index contributed by atoms with van der Waals surface area (Å²) in [5.41, 5.74) is 2.61. The van der Waals surface area contributed by atoms with Gasteiger partial charge >= 0.3 is 0 Å². The van der Waals surface area contributed by atoms with Crippen molar-refractivity contribution in [2.24, 2.45) is 4.99 Å². The summed E-state index contributed by atoms with van der Waals surface area (Å²) in [5, 5.41) is 3.20. The molecule has 0 atom stereocenters. The molecule has 0 bridgehead atoms. The molecule has 0 aromatic heterocycles. The summed E-state index contributed by atoms with van der Waals surface area (Å²) in [5.74, 6) is 1.12. The molecule has 3 nitrogen and oxygen atoms in total. The minimum absolute atomic E-state index is 0.903. The Balaban J connectivity index is 2.30. The monoisotopic (exact) mass is 203 g/mol. The van der Waals surface area contributed by atoms with E-state index in [1.165, 1.54) is 11.3 Å². The van der Waals surface area contributed by atoms with Crippen molar-refractivity contribution < 1.29 is 0 Å². The first kappa shape index (κ1) is 10.2. The average Bonchev–Trinajstić information content (AvgIpc) is 2.66. The Morgan fingerprint density at radius 2 is 2.20 bits per heavy atom. The van der Waals surface area contributed by atoms with Gasteiger partial charge in [0.25, 0.3) is 0 Å². The van der Waals surface area contributed by atoms with Crippen LogP contribution in [0.25, 0.3) is 0 Å². The van der Waals surface area contributed by atoms with Crippen LogP contribution in [0.3, 0.4) is 0 Å². The van der Waals surface area contributed by atoms with Crippen LogP contribution in [0.1, 0.15) is 12.5 Å². The number of benzene rings is 1. The highest BCUT2D eigenvalue weighted by Gasteiger charge is 2.16. The van der Waals surface area contributed by atoms with Crippen LogP contribution in [0.5, 0.6) is 0 Å². The van der Waals surface area contributed by atoms with Gasteiger partial charge in [-0.15, -0.1) is 0 Å². The fourth-order valence-corrected chi connectivity index (χ4v) is 1.97. The molecule has 1 aliphatic rings. The third kappa shape index (κ3) is 2.02. The summed E-state index contributed by atoms with van der Waals surface area (Å²) < 4.78 is 0. The topological polar surface area (TPSA) is 27.6 Å². The summed E-state index contributed by atoms with van der Waals surface area (Å²) >= 11 is 0. The Bertz CT molecular complexity index is 371. The van der Waals surface area contributed by atoms with Crippen molar-refractivity contribution in [2.75, 3.05) is 25.0 Å². The number of aliphatic imine (C=N–C) groups is 1. The van der Waals surface area contributed by atoms with Crippen molar-refractivity contribution in [3.63, 3.8) is 0 Å². The van der Waals surface area contributed by atoms with Gasteiger partial charge in [-0.25, -0.2) is 0 Å². The van der Waals surface area contributed by atoms with Crippen LogP contribution < -0.4 is 10.2 Å². The molecular weight excluding hydrogens is 186 g/mol. The number of amidine groups is 1. The van der Waals surface area contributed by atoms with E-state index in [2.05, 4.69) is 46.4 Å². The molecule has 0 unspecified atom stereocenters. The van der Waals surface area contributed by atoms with Crippen LogP contribution in [0, 0.1) is 0 Å². The first-order valence-electron chi connectivity index (χ1n) is 5.34. The molecule has 0 saturated heterocycles. The molecule has 1 aromatic rings. The second-order valence-corrected chi connectivity index (χ2v) is 3.74. The minimum Gasteiger partial charge on any atom is -0.328 e. The molecule has 0 amide bonds. The quantitative estimate of drug-likeness (QED) is 0.808. The SMILES string of the molecule is CNCc1ccccc1N1CCN=C1C. The first-order chi connectivity index (χ1) is 7.33. The lowest BCUT2D eigenvalue weighted by Gasteiger charge is -2.21. The van der Waals surface area contributed by atoms with Crippen LogP contribution >= 0.6 is 0 Å². The number of hydrogen-bond donors (Lipinski definition) is 1. The molecule has 1 N–H and O–H groups in total. The average molecular weight is 203 g/mol. The lowest BCUT2D eigenvalue weighted by molar-refractivity contribution is 0.814. The molecule has 1 aromatic carbocycles. The third-order valence-electron chi connectivity index (χ3n) is 2.70. The fourth-order valence-electron chi connectivity index (χ4n) is 1.97. The predicted molar refractivity (Wildman–Crippen MR) is 64.5 cm³/mol. The minimum atomic E-state index is 0.903. The molecule has 0 fully saturated rings. The highest BCUT2D eigenvalue weighted by molar-refractivity contribution is 5.98. The maximum absolute atomic E-state index is 4.42. The standard InChI is InChI=1S/C12H17N3/c1-10-14-7-8-15(10)12-6-4-3-5-11(12)9-13-2/h3-6,13H,7-9H2,1-2H3. The van der Waals surface area contributed by atoms with E-state index in [0.717, 1.165) is 25.5 Å². The molecule has 0 saturated carbocycles. The summed E-state index contributed by atoms with van der Waals surface area (Å²) in [6.07, 6.45) is 0. The largest absolute Gasteiger partial charge is 0.328 e. The maximum Gasteiger partial charge on any atom is 0.100 e. The number of para-hydroxylation sites is 1. The van der Waals surface area contributed by atoms with Crippen molar-refractivity contribution in [3.05, 3.63) is 29.8 Å². The van der Waals surface area contributed by atoms with Gasteiger partial charge in [0.2, 0.25) is 0 Å². The van der Waals surface area contributed by atoms with Gasteiger partial charge in [-0.1, -0.05) is 18.2 Å². The predicted octanol–water partition coefficient (Wildman–Crippen LogP) is 1.64. The van der Waals surface area contributed by atoms with Crippen LogP contribution in [0.4, 0.5) is 5.69 Å². The Morgan fingerprint density at radius 3 is 2.87 bits per heavy atom.